The Morgan fingerprint density at radius 3 is 2.67 bits per heavy atom. The minimum Gasteiger partial charge on any atom is -0.358 e. The summed E-state index contributed by atoms with van der Waals surface area (Å²) >= 11 is 0. The van der Waals surface area contributed by atoms with E-state index in [0.717, 1.165) is 6.54 Å². The first kappa shape index (κ1) is 8.98. The Balaban J connectivity index is 2.11. The van der Waals surface area contributed by atoms with Gasteiger partial charge in [-0.05, 0) is 30.4 Å². The lowest BCUT2D eigenvalue weighted by atomic mass is 9.67. The molecular weight excluding hydrogens is 184 g/mol. The van der Waals surface area contributed by atoms with Gasteiger partial charge in [0.2, 0.25) is 0 Å². The van der Waals surface area contributed by atoms with Crippen molar-refractivity contribution >= 4 is 10.9 Å². The molecular formula is C13H16N2. The second-order valence-electron chi connectivity index (χ2n) is 4.61. The summed E-state index contributed by atoms with van der Waals surface area (Å²) in [6, 6.07) is 10.7. The predicted molar refractivity (Wildman–Crippen MR) is 62.9 cm³/mol. The summed E-state index contributed by atoms with van der Waals surface area (Å²) in [6.45, 7) is 0.764. The molecule has 78 valence electrons. The molecule has 1 aromatic carbocycles. The van der Waals surface area contributed by atoms with Crippen molar-refractivity contribution in [3.8, 4) is 0 Å². The molecule has 1 aliphatic carbocycles. The van der Waals surface area contributed by atoms with E-state index in [1.165, 1.54) is 35.9 Å². The minimum absolute atomic E-state index is 0.249. The van der Waals surface area contributed by atoms with Crippen LogP contribution in [-0.4, -0.2) is 11.5 Å². The molecule has 2 aromatic rings. The van der Waals surface area contributed by atoms with Gasteiger partial charge < -0.3 is 10.7 Å². The molecule has 0 amide bonds. The van der Waals surface area contributed by atoms with E-state index in [1.54, 1.807) is 0 Å². The molecule has 3 N–H and O–H groups in total. The van der Waals surface area contributed by atoms with Gasteiger partial charge in [0.25, 0.3) is 0 Å². The van der Waals surface area contributed by atoms with E-state index < -0.39 is 0 Å². The summed E-state index contributed by atoms with van der Waals surface area (Å²) in [4.78, 5) is 3.51. The summed E-state index contributed by atoms with van der Waals surface area (Å²) < 4.78 is 0. The van der Waals surface area contributed by atoms with E-state index in [9.17, 15) is 0 Å². The summed E-state index contributed by atoms with van der Waals surface area (Å²) in [5, 5.41) is 1.30. The molecule has 15 heavy (non-hydrogen) atoms. The lowest BCUT2D eigenvalue weighted by molar-refractivity contribution is 0.247. The average molecular weight is 200 g/mol. The maximum Gasteiger partial charge on any atom is 0.0456 e. The van der Waals surface area contributed by atoms with Crippen LogP contribution < -0.4 is 5.73 Å². The topological polar surface area (TPSA) is 41.8 Å². The molecule has 1 aromatic heterocycles. The standard InChI is InChI=1S/C13H16N2/c14-9-13(6-3-7-13)12-8-10-4-1-2-5-11(10)15-12/h1-2,4-5,8,15H,3,6-7,9,14H2. The number of nitrogens with one attached hydrogen (secondary N) is 1. The number of fused-ring (bicyclic) bond motifs is 1. The third-order valence-corrected chi connectivity index (χ3v) is 3.80. The van der Waals surface area contributed by atoms with Crippen LogP contribution in [0.25, 0.3) is 10.9 Å². The van der Waals surface area contributed by atoms with Gasteiger partial charge in [-0.15, -0.1) is 0 Å². The largest absolute Gasteiger partial charge is 0.358 e. The Hall–Kier alpha value is -1.28. The molecule has 0 aliphatic heterocycles. The fourth-order valence-corrected chi connectivity index (χ4v) is 2.55. The van der Waals surface area contributed by atoms with Gasteiger partial charge in [0.15, 0.2) is 0 Å². The van der Waals surface area contributed by atoms with Crippen molar-refractivity contribution in [2.45, 2.75) is 24.7 Å². The van der Waals surface area contributed by atoms with Gasteiger partial charge >= 0.3 is 0 Å². The van der Waals surface area contributed by atoms with Gasteiger partial charge in [-0.1, -0.05) is 24.6 Å². The van der Waals surface area contributed by atoms with E-state index in [4.69, 9.17) is 5.73 Å². The number of benzene rings is 1. The van der Waals surface area contributed by atoms with Gasteiger partial charge in [-0.2, -0.15) is 0 Å². The van der Waals surface area contributed by atoms with Crippen molar-refractivity contribution in [2.24, 2.45) is 5.73 Å². The Labute approximate surface area is 89.5 Å². The SMILES string of the molecule is NCC1(c2cc3ccccc3[nH]2)CCC1. The van der Waals surface area contributed by atoms with Gasteiger partial charge in [-0.3, -0.25) is 0 Å². The predicted octanol–water partition coefficient (Wildman–Crippen LogP) is 2.55. The monoisotopic (exact) mass is 200 g/mol. The van der Waals surface area contributed by atoms with E-state index in [1.807, 2.05) is 0 Å². The molecule has 0 radical (unpaired) electrons. The molecule has 1 saturated carbocycles. The average Bonchev–Trinajstić information content (AvgIpc) is 2.60. The highest BCUT2D eigenvalue weighted by Gasteiger charge is 2.38. The van der Waals surface area contributed by atoms with Gasteiger partial charge in [-0.25, -0.2) is 0 Å². The lowest BCUT2D eigenvalue weighted by Crippen LogP contribution is -2.41. The molecule has 0 saturated heterocycles. The first-order valence-electron chi connectivity index (χ1n) is 5.62. The second kappa shape index (κ2) is 3.11. The van der Waals surface area contributed by atoms with Crippen LogP contribution in [0.3, 0.4) is 0 Å². The fourth-order valence-electron chi connectivity index (χ4n) is 2.55. The van der Waals surface area contributed by atoms with Crippen molar-refractivity contribution < 1.29 is 0 Å². The smallest absolute Gasteiger partial charge is 0.0456 e. The van der Waals surface area contributed by atoms with Crippen LogP contribution in [0.1, 0.15) is 25.0 Å². The molecule has 0 unspecified atom stereocenters. The van der Waals surface area contributed by atoms with Crippen LogP contribution in [0.5, 0.6) is 0 Å². The van der Waals surface area contributed by atoms with Crippen molar-refractivity contribution in [3.05, 3.63) is 36.0 Å². The number of rotatable bonds is 2. The van der Waals surface area contributed by atoms with Crippen molar-refractivity contribution in [1.82, 2.24) is 4.98 Å². The third-order valence-electron chi connectivity index (χ3n) is 3.80. The van der Waals surface area contributed by atoms with Crippen molar-refractivity contribution in [3.63, 3.8) is 0 Å². The molecule has 3 rings (SSSR count). The van der Waals surface area contributed by atoms with Gasteiger partial charge in [0.1, 0.15) is 0 Å². The zero-order valence-electron chi connectivity index (χ0n) is 8.79. The Bertz CT molecular complexity index is 441. The van der Waals surface area contributed by atoms with Gasteiger partial charge in [0.05, 0.1) is 0 Å². The minimum atomic E-state index is 0.249. The van der Waals surface area contributed by atoms with Crippen molar-refractivity contribution in [2.75, 3.05) is 6.54 Å². The highest BCUT2D eigenvalue weighted by atomic mass is 14.8. The van der Waals surface area contributed by atoms with Crippen LogP contribution >= 0.6 is 0 Å². The van der Waals surface area contributed by atoms with Crippen molar-refractivity contribution in [1.29, 1.82) is 0 Å². The molecule has 1 aliphatic rings. The summed E-state index contributed by atoms with van der Waals surface area (Å²) in [5.74, 6) is 0. The number of aromatic amines is 1. The first-order valence-corrected chi connectivity index (χ1v) is 5.62. The van der Waals surface area contributed by atoms with E-state index >= 15 is 0 Å². The molecule has 0 bridgehead atoms. The number of hydrogen-bond acceptors (Lipinski definition) is 1. The normalized spacial score (nSPS) is 19.0. The quantitative estimate of drug-likeness (QED) is 0.768. The van der Waals surface area contributed by atoms with E-state index in [0.29, 0.717) is 0 Å². The zero-order valence-corrected chi connectivity index (χ0v) is 8.79. The van der Waals surface area contributed by atoms with Crippen LogP contribution in [-0.2, 0) is 5.41 Å². The van der Waals surface area contributed by atoms with Crippen LogP contribution in [0.15, 0.2) is 30.3 Å². The second-order valence-corrected chi connectivity index (χ2v) is 4.61. The number of hydrogen-bond donors (Lipinski definition) is 2. The fraction of sp³-hybridized carbons (Fsp3) is 0.385. The maximum absolute atomic E-state index is 5.90. The van der Waals surface area contributed by atoms with Gasteiger partial charge in [0, 0.05) is 23.2 Å². The van der Waals surface area contributed by atoms with Crippen LogP contribution in [0.2, 0.25) is 0 Å². The highest BCUT2D eigenvalue weighted by molar-refractivity contribution is 5.80. The van der Waals surface area contributed by atoms with E-state index in [-0.39, 0.29) is 5.41 Å². The van der Waals surface area contributed by atoms with Crippen LogP contribution in [0.4, 0.5) is 0 Å². The summed E-state index contributed by atoms with van der Waals surface area (Å²) in [7, 11) is 0. The number of H-pyrrole nitrogens is 1. The van der Waals surface area contributed by atoms with Crippen LogP contribution in [0, 0.1) is 0 Å². The number of para-hydroxylation sites is 1. The molecule has 1 heterocycles. The Morgan fingerprint density at radius 1 is 1.27 bits per heavy atom. The molecule has 1 fully saturated rings. The number of aromatic nitrogens is 1. The first-order chi connectivity index (χ1) is 7.34. The zero-order chi connectivity index (χ0) is 10.3. The Kier molecular flexibility index (Phi) is 1.86. The summed E-state index contributed by atoms with van der Waals surface area (Å²) in [5.41, 5.74) is 8.71. The maximum atomic E-state index is 5.90. The molecule has 2 heteroatoms. The molecule has 0 spiro atoms. The molecule has 0 atom stereocenters. The van der Waals surface area contributed by atoms with E-state index in [2.05, 4.69) is 35.3 Å². The highest BCUT2D eigenvalue weighted by Crippen LogP contribution is 2.43. The lowest BCUT2D eigenvalue weighted by Gasteiger charge is -2.40. The third kappa shape index (κ3) is 1.21. The Morgan fingerprint density at radius 2 is 2.07 bits per heavy atom. The molecule has 2 nitrogen and oxygen atoms in total. The number of nitrogens with two attached hydrogens (primary N) is 1. The summed E-state index contributed by atoms with van der Waals surface area (Å²) in [6.07, 6.45) is 3.78.